The van der Waals surface area contributed by atoms with Crippen LogP contribution in [0, 0.1) is 6.92 Å². The summed E-state index contributed by atoms with van der Waals surface area (Å²) in [5.41, 5.74) is 5.02. The fraction of sp³-hybridized carbons (Fsp3) is 0.136. The topological polar surface area (TPSA) is 80.3 Å². The van der Waals surface area contributed by atoms with Gasteiger partial charge in [-0.2, -0.15) is 0 Å². The fourth-order valence-corrected chi connectivity index (χ4v) is 3.95. The minimum absolute atomic E-state index is 0.440. The van der Waals surface area contributed by atoms with Crippen LogP contribution >= 0.6 is 0 Å². The monoisotopic (exact) mass is 407 g/mol. The van der Waals surface area contributed by atoms with Crippen LogP contribution in [-0.2, 0) is 10.0 Å². The zero-order chi connectivity index (χ0) is 20.6. The summed E-state index contributed by atoms with van der Waals surface area (Å²) in [6.45, 7) is 2.04. The third kappa shape index (κ3) is 3.82. The average molecular weight is 407 g/mol. The molecule has 0 amide bonds. The van der Waals surface area contributed by atoms with E-state index in [1.807, 2.05) is 49.4 Å². The van der Waals surface area contributed by atoms with E-state index < -0.39 is 10.0 Å². The van der Waals surface area contributed by atoms with Gasteiger partial charge in [0.05, 0.1) is 41.5 Å². The lowest BCUT2D eigenvalue weighted by atomic mass is 10.0. The molecule has 0 radical (unpaired) electrons. The van der Waals surface area contributed by atoms with Crippen molar-refractivity contribution in [1.29, 1.82) is 0 Å². The van der Waals surface area contributed by atoms with E-state index in [2.05, 4.69) is 10.0 Å². The summed E-state index contributed by atoms with van der Waals surface area (Å²) in [7, 11) is -1.82. The van der Waals surface area contributed by atoms with E-state index >= 15 is 0 Å². The van der Waals surface area contributed by atoms with Crippen LogP contribution in [0.15, 0.2) is 60.7 Å². The van der Waals surface area contributed by atoms with Crippen molar-refractivity contribution < 1.29 is 13.2 Å². The summed E-state index contributed by atoms with van der Waals surface area (Å²) < 4.78 is 31.0. The van der Waals surface area contributed by atoms with E-state index in [1.165, 1.54) is 0 Å². The second-order valence-corrected chi connectivity index (χ2v) is 8.64. The number of hydrogen-bond acceptors (Lipinski definition) is 5. The van der Waals surface area contributed by atoms with Gasteiger partial charge >= 0.3 is 0 Å². The number of aryl methyl sites for hydroxylation is 1. The first-order valence-electron chi connectivity index (χ1n) is 9.06. The van der Waals surface area contributed by atoms with E-state index in [0.29, 0.717) is 11.4 Å². The lowest BCUT2D eigenvalue weighted by Gasteiger charge is -2.17. The molecule has 7 heteroatoms. The van der Waals surface area contributed by atoms with Crippen molar-refractivity contribution in [3.8, 4) is 5.75 Å². The summed E-state index contributed by atoms with van der Waals surface area (Å²) in [4.78, 5) is 4.83. The van der Waals surface area contributed by atoms with Gasteiger partial charge in [0, 0.05) is 16.8 Å². The lowest BCUT2D eigenvalue weighted by molar-refractivity contribution is 0.417. The van der Waals surface area contributed by atoms with Gasteiger partial charge in [-0.3, -0.25) is 4.72 Å². The molecule has 4 rings (SSSR count). The molecule has 0 aliphatic carbocycles. The second kappa shape index (κ2) is 7.25. The van der Waals surface area contributed by atoms with Crippen LogP contribution in [0.25, 0.3) is 21.8 Å². The number of hydrogen-bond donors (Lipinski definition) is 2. The number of para-hydroxylation sites is 2. The zero-order valence-corrected chi connectivity index (χ0v) is 17.2. The van der Waals surface area contributed by atoms with Crippen molar-refractivity contribution in [1.82, 2.24) is 4.98 Å². The minimum atomic E-state index is -3.37. The highest BCUT2D eigenvalue weighted by molar-refractivity contribution is 7.92. The van der Waals surface area contributed by atoms with E-state index in [0.717, 1.165) is 45.0 Å². The molecule has 0 aliphatic heterocycles. The van der Waals surface area contributed by atoms with Crippen molar-refractivity contribution in [3.63, 3.8) is 0 Å². The minimum Gasteiger partial charge on any atom is -0.494 e. The van der Waals surface area contributed by atoms with Crippen molar-refractivity contribution in [2.24, 2.45) is 0 Å². The SMILES string of the molecule is COc1cc(NS(C)(=O)=O)ccc1Nc1c2ccccc2nc2c(C)cccc12. The number of nitrogens with one attached hydrogen (secondary N) is 2. The maximum Gasteiger partial charge on any atom is 0.229 e. The van der Waals surface area contributed by atoms with E-state index in [9.17, 15) is 8.42 Å². The summed E-state index contributed by atoms with van der Waals surface area (Å²) in [5.74, 6) is 0.528. The van der Waals surface area contributed by atoms with E-state index in [1.54, 1.807) is 25.3 Å². The molecule has 6 nitrogen and oxygen atoms in total. The number of fused-ring (bicyclic) bond motifs is 2. The number of sulfonamides is 1. The molecule has 1 aromatic heterocycles. The highest BCUT2D eigenvalue weighted by atomic mass is 32.2. The molecule has 0 spiro atoms. The Morgan fingerprint density at radius 1 is 0.966 bits per heavy atom. The Labute approximate surface area is 169 Å². The van der Waals surface area contributed by atoms with E-state index in [-0.39, 0.29) is 0 Å². The standard InChI is InChI=1S/C22H21N3O3S/c1-14-7-6-9-17-21(14)23-18-10-5-4-8-16(18)22(17)24-19-12-11-15(13-20(19)28-2)25-29(3,26)27/h4-13,25H,1-3H3,(H,23,24). The van der Waals surface area contributed by atoms with Gasteiger partial charge in [0.1, 0.15) is 5.75 Å². The summed E-state index contributed by atoms with van der Waals surface area (Å²) in [6.07, 6.45) is 1.11. The largest absolute Gasteiger partial charge is 0.494 e. The molecule has 0 unspecified atom stereocenters. The van der Waals surface area contributed by atoms with Gasteiger partial charge in [-0.1, -0.05) is 36.4 Å². The Kier molecular flexibility index (Phi) is 4.76. The number of rotatable bonds is 5. The molecule has 3 aromatic carbocycles. The molecule has 0 bridgehead atoms. The summed E-state index contributed by atoms with van der Waals surface area (Å²) in [6, 6.07) is 19.2. The highest BCUT2D eigenvalue weighted by Gasteiger charge is 2.13. The fourth-order valence-electron chi connectivity index (χ4n) is 3.40. The first-order chi connectivity index (χ1) is 13.9. The maximum absolute atomic E-state index is 11.5. The van der Waals surface area contributed by atoms with Crippen LogP contribution < -0.4 is 14.8 Å². The van der Waals surface area contributed by atoms with Gasteiger partial charge in [-0.05, 0) is 30.7 Å². The zero-order valence-electron chi connectivity index (χ0n) is 16.4. The Morgan fingerprint density at radius 3 is 2.48 bits per heavy atom. The Morgan fingerprint density at radius 2 is 1.72 bits per heavy atom. The third-order valence-electron chi connectivity index (χ3n) is 4.68. The summed E-state index contributed by atoms with van der Waals surface area (Å²) >= 11 is 0. The molecule has 1 heterocycles. The normalized spacial score (nSPS) is 11.6. The summed E-state index contributed by atoms with van der Waals surface area (Å²) in [5, 5.41) is 5.48. The van der Waals surface area contributed by atoms with Crippen LogP contribution in [0.4, 0.5) is 17.1 Å². The Balaban J connectivity index is 1.88. The first kappa shape index (κ1) is 19.0. The van der Waals surface area contributed by atoms with Gasteiger partial charge < -0.3 is 10.1 Å². The van der Waals surface area contributed by atoms with Gasteiger partial charge in [-0.15, -0.1) is 0 Å². The number of benzene rings is 3. The van der Waals surface area contributed by atoms with Crippen LogP contribution in [0.3, 0.4) is 0 Å². The van der Waals surface area contributed by atoms with Gasteiger partial charge in [0.2, 0.25) is 10.0 Å². The molecule has 0 saturated heterocycles. The molecule has 0 saturated carbocycles. The smallest absolute Gasteiger partial charge is 0.229 e. The van der Waals surface area contributed by atoms with Crippen LogP contribution in [0.1, 0.15) is 5.56 Å². The number of nitrogens with zero attached hydrogens (tertiary/aromatic N) is 1. The van der Waals surface area contributed by atoms with Gasteiger partial charge in [0.15, 0.2) is 0 Å². The van der Waals surface area contributed by atoms with Crippen LogP contribution in [-0.4, -0.2) is 26.8 Å². The quantitative estimate of drug-likeness (QED) is 0.464. The van der Waals surface area contributed by atoms with Gasteiger partial charge in [0.25, 0.3) is 0 Å². The van der Waals surface area contributed by atoms with Crippen molar-refractivity contribution in [2.45, 2.75) is 6.92 Å². The molecule has 0 fully saturated rings. The molecule has 0 aliphatic rings. The van der Waals surface area contributed by atoms with Gasteiger partial charge in [-0.25, -0.2) is 13.4 Å². The van der Waals surface area contributed by atoms with Crippen molar-refractivity contribution in [3.05, 3.63) is 66.2 Å². The number of ether oxygens (including phenoxy) is 1. The second-order valence-electron chi connectivity index (χ2n) is 6.89. The Bertz CT molecular complexity index is 1330. The predicted octanol–water partition coefficient (Wildman–Crippen LogP) is 4.82. The van der Waals surface area contributed by atoms with Crippen molar-refractivity contribution in [2.75, 3.05) is 23.4 Å². The maximum atomic E-state index is 11.5. The van der Waals surface area contributed by atoms with Crippen LogP contribution in [0.5, 0.6) is 5.75 Å². The number of aromatic nitrogens is 1. The number of anilines is 3. The van der Waals surface area contributed by atoms with E-state index in [4.69, 9.17) is 9.72 Å². The molecule has 2 N–H and O–H groups in total. The molecule has 4 aromatic rings. The Hall–Kier alpha value is -3.32. The number of pyridine rings is 1. The molecule has 29 heavy (non-hydrogen) atoms. The lowest BCUT2D eigenvalue weighted by Crippen LogP contribution is -2.09. The molecule has 0 atom stereocenters. The van der Waals surface area contributed by atoms with Crippen LogP contribution in [0.2, 0.25) is 0 Å². The number of methoxy groups -OCH3 is 1. The molecule has 148 valence electrons. The predicted molar refractivity (Wildman–Crippen MR) is 119 cm³/mol. The van der Waals surface area contributed by atoms with Crippen molar-refractivity contribution >= 4 is 48.9 Å². The molecular formula is C22H21N3O3S. The average Bonchev–Trinajstić information content (AvgIpc) is 2.68. The third-order valence-corrected chi connectivity index (χ3v) is 5.28. The first-order valence-corrected chi connectivity index (χ1v) is 11.0. The molecular weight excluding hydrogens is 386 g/mol. The highest BCUT2D eigenvalue weighted by Crippen LogP contribution is 2.37.